The summed E-state index contributed by atoms with van der Waals surface area (Å²) in [5.74, 6) is -0.598. The van der Waals surface area contributed by atoms with E-state index in [1.165, 1.54) is 0 Å². The lowest BCUT2D eigenvalue weighted by Gasteiger charge is -2.20. The van der Waals surface area contributed by atoms with Crippen LogP contribution in [-0.2, 0) is 0 Å². The van der Waals surface area contributed by atoms with Gasteiger partial charge in [0.05, 0.1) is 28.5 Å². The van der Waals surface area contributed by atoms with Gasteiger partial charge in [0.25, 0.3) is 0 Å². The van der Waals surface area contributed by atoms with E-state index in [2.05, 4.69) is 15.3 Å². The second-order valence-electron chi connectivity index (χ2n) is 6.51. The van der Waals surface area contributed by atoms with Crippen LogP contribution < -0.4 is 11.1 Å². The molecule has 0 bridgehead atoms. The summed E-state index contributed by atoms with van der Waals surface area (Å²) in [4.78, 5) is 12.4. The molecule has 2 aromatic carbocycles. The zero-order chi connectivity index (χ0) is 20.5. The highest BCUT2D eigenvalue weighted by atomic mass is 35.5. The Morgan fingerprint density at radius 2 is 1.79 bits per heavy atom. The predicted molar refractivity (Wildman–Crippen MR) is 116 cm³/mol. The van der Waals surface area contributed by atoms with Crippen molar-refractivity contribution in [1.29, 1.82) is 0 Å². The van der Waals surface area contributed by atoms with Crippen LogP contribution in [0.1, 0.15) is 18.5 Å². The van der Waals surface area contributed by atoms with Crippen molar-refractivity contribution in [2.24, 2.45) is 0 Å². The minimum absolute atomic E-state index is 0.0151. The molecule has 0 spiro atoms. The maximum absolute atomic E-state index is 14.1. The van der Waals surface area contributed by atoms with Crippen molar-refractivity contribution >= 4 is 45.9 Å². The van der Waals surface area contributed by atoms with Crippen molar-refractivity contribution in [1.82, 2.24) is 15.0 Å². The van der Waals surface area contributed by atoms with Gasteiger partial charge < -0.3 is 11.1 Å². The molecule has 2 heterocycles. The van der Waals surface area contributed by atoms with Gasteiger partial charge >= 0.3 is 0 Å². The van der Waals surface area contributed by atoms with Crippen LogP contribution in [0, 0.1) is 5.82 Å². The highest BCUT2D eigenvalue weighted by Crippen LogP contribution is 2.36. The van der Waals surface area contributed by atoms with E-state index in [1.807, 2.05) is 43.3 Å². The number of pyridine rings is 1. The number of rotatable bonds is 4. The molecule has 1 atom stereocenters. The highest BCUT2D eigenvalue weighted by Gasteiger charge is 2.19. The Morgan fingerprint density at radius 3 is 2.59 bits per heavy atom. The van der Waals surface area contributed by atoms with Crippen molar-refractivity contribution < 1.29 is 4.39 Å². The number of fused-ring (bicyclic) bond motifs is 1. The van der Waals surface area contributed by atoms with E-state index in [1.54, 1.807) is 12.1 Å². The number of nitrogens with zero attached hydrogens (tertiary/aromatic N) is 3. The van der Waals surface area contributed by atoms with Crippen LogP contribution in [0.15, 0.2) is 54.7 Å². The first-order valence-corrected chi connectivity index (χ1v) is 9.58. The standard InChI is InChI=1S/C21H16Cl2FN5/c1-11(27-20-17(24)10-26-21(25)29-20)14-9-12-5-4-8-16(23)18(12)28-19(14)13-6-2-3-7-15(13)22/h2-11H,1H3,(H3,25,26,27,29). The molecule has 0 saturated carbocycles. The Balaban J connectivity index is 1.89. The molecule has 8 heteroatoms. The maximum atomic E-state index is 14.1. The molecule has 0 aliphatic rings. The van der Waals surface area contributed by atoms with Crippen molar-refractivity contribution in [2.75, 3.05) is 11.1 Å². The number of nitrogen functional groups attached to an aromatic ring is 1. The number of benzene rings is 2. The van der Waals surface area contributed by atoms with Gasteiger partial charge in [0.1, 0.15) is 0 Å². The lowest BCUT2D eigenvalue weighted by atomic mass is 9.98. The average Bonchev–Trinajstić information content (AvgIpc) is 2.70. The Hall–Kier alpha value is -2.96. The second-order valence-corrected chi connectivity index (χ2v) is 7.32. The largest absolute Gasteiger partial charge is 0.368 e. The Bertz CT molecular complexity index is 1220. The molecule has 0 saturated heterocycles. The molecule has 4 rings (SSSR count). The summed E-state index contributed by atoms with van der Waals surface area (Å²) >= 11 is 12.8. The van der Waals surface area contributed by atoms with E-state index < -0.39 is 5.82 Å². The van der Waals surface area contributed by atoms with E-state index in [0.29, 0.717) is 21.3 Å². The van der Waals surface area contributed by atoms with Gasteiger partial charge in [0.15, 0.2) is 11.6 Å². The Morgan fingerprint density at radius 1 is 1.03 bits per heavy atom. The summed E-state index contributed by atoms with van der Waals surface area (Å²) in [6.45, 7) is 1.88. The Labute approximate surface area is 176 Å². The molecule has 1 unspecified atom stereocenters. The second kappa shape index (κ2) is 7.81. The first kappa shape index (κ1) is 19.4. The number of nitrogens with one attached hydrogen (secondary N) is 1. The van der Waals surface area contributed by atoms with Gasteiger partial charge in [-0.15, -0.1) is 0 Å². The smallest absolute Gasteiger partial charge is 0.222 e. The zero-order valence-corrected chi connectivity index (χ0v) is 16.8. The first-order chi connectivity index (χ1) is 13.9. The highest BCUT2D eigenvalue weighted by molar-refractivity contribution is 6.35. The third-order valence-corrected chi connectivity index (χ3v) is 5.17. The molecule has 0 aliphatic heterocycles. The third kappa shape index (κ3) is 3.81. The van der Waals surface area contributed by atoms with Crippen molar-refractivity contribution in [3.8, 4) is 11.3 Å². The number of hydrogen-bond acceptors (Lipinski definition) is 5. The summed E-state index contributed by atoms with van der Waals surface area (Å²) in [6.07, 6.45) is 1.03. The SMILES string of the molecule is CC(Nc1nc(N)ncc1F)c1cc2cccc(Cl)c2nc1-c1ccccc1Cl. The van der Waals surface area contributed by atoms with E-state index in [-0.39, 0.29) is 17.8 Å². The molecule has 0 amide bonds. The van der Waals surface area contributed by atoms with Crippen molar-refractivity contribution in [3.05, 3.63) is 76.2 Å². The van der Waals surface area contributed by atoms with Gasteiger partial charge in [-0.2, -0.15) is 4.98 Å². The minimum Gasteiger partial charge on any atom is -0.368 e. The fraction of sp³-hybridized carbons (Fsp3) is 0.0952. The first-order valence-electron chi connectivity index (χ1n) is 8.82. The van der Waals surface area contributed by atoms with Gasteiger partial charge in [0, 0.05) is 21.5 Å². The molecule has 0 radical (unpaired) electrons. The fourth-order valence-corrected chi connectivity index (χ4v) is 3.59. The quantitative estimate of drug-likeness (QED) is 0.424. The minimum atomic E-state index is -0.595. The lowest BCUT2D eigenvalue weighted by Crippen LogP contribution is -2.13. The summed E-state index contributed by atoms with van der Waals surface area (Å²) in [5.41, 5.74) is 8.48. The van der Waals surface area contributed by atoms with Crippen LogP contribution in [0.25, 0.3) is 22.2 Å². The maximum Gasteiger partial charge on any atom is 0.222 e. The van der Waals surface area contributed by atoms with Gasteiger partial charge in [-0.25, -0.2) is 14.4 Å². The van der Waals surface area contributed by atoms with E-state index in [9.17, 15) is 4.39 Å². The van der Waals surface area contributed by atoms with Crippen LogP contribution in [0.4, 0.5) is 16.2 Å². The van der Waals surface area contributed by atoms with Crippen LogP contribution in [0.2, 0.25) is 10.0 Å². The summed E-state index contributed by atoms with van der Waals surface area (Å²) in [7, 11) is 0. The summed E-state index contributed by atoms with van der Waals surface area (Å²) in [6, 6.07) is 14.6. The number of anilines is 2. The molecule has 3 N–H and O–H groups in total. The van der Waals surface area contributed by atoms with E-state index in [4.69, 9.17) is 33.9 Å². The van der Waals surface area contributed by atoms with E-state index >= 15 is 0 Å². The van der Waals surface area contributed by atoms with Crippen molar-refractivity contribution in [2.45, 2.75) is 13.0 Å². The Kier molecular flexibility index (Phi) is 5.22. The number of para-hydroxylation sites is 1. The van der Waals surface area contributed by atoms with Crippen LogP contribution in [-0.4, -0.2) is 15.0 Å². The molecule has 29 heavy (non-hydrogen) atoms. The predicted octanol–water partition coefficient (Wildman–Crippen LogP) is 5.89. The van der Waals surface area contributed by atoms with E-state index in [0.717, 1.165) is 22.7 Å². The van der Waals surface area contributed by atoms with Gasteiger partial charge in [-0.05, 0) is 25.1 Å². The topological polar surface area (TPSA) is 76.7 Å². The number of aromatic nitrogens is 3. The summed E-state index contributed by atoms with van der Waals surface area (Å²) in [5, 5.41) is 5.01. The van der Waals surface area contributed by atoms with Gasteiger partial charge in [0.2, 0.25) is 5.95 Å². The number of halogens is 3. The molecule has 4 aromatic rings. The number of hydrogen-bond donors (Lipinski definition) is 2. The molecular formula is C21H16Cl2FN5. The summed E-state index contributed by atoms with van der Waals surface area (Å²) < 4.78 is 14.1. The number of nitrogens with two attached hydrogens (primary N) is 1. The van der Waals surface area contributed by atoms with Gasteiger partial charge in [-0.1, -0.05) is 53.5 Å². The van der Waals surface area contributed by atoms with Crippen molar-refractivity contribution in [3.63, 3.8) is 0 Å². The van der Waals surface area contributed by atoms with Crippen LogP contribution >= 0.6 is 23.2 Å². The molecule has 2 aromatic heterocycles. The lowest BCUT2D eigenvalue weighted by molar-refractivity contribution is 0.614. The molecule has 5 nitrogen and oxygen atoms in total. The molecule has 0 fully saturated rings. The molecule has 146 valence electrons. The molecule has 0 aliphatic carbocycles. The molecular weight excluding hydrogens is 412 g/mol. The third-order valence-electron chi connectivity index (χ3n) is 4.54. The zero-order valence-electron chi connectivity index (χ0n) is 15.3. The van der Waals surface area contributed by atoms with Crippen LogP contribution in [0.3, 0.4) is 0 Å². The normalized spacial score (nSPS) is 12.1. The fourth-order valence-electron chi connectivity index (χ4n) is 3.14. The van der Waals surface area contributed by atoms with Crippen LogP contribution in [0.5, 0.6) is 0 Å². The van der Waals surface area contributed by atoms with Gasteiger partial charge in [-0.3, -0.25) is 0 Å². The average molecular weight is 428 g/mol. The monoisotopic (exact) mass is 427 g/mol.